The molecule has 0 aliphatic heterocycles. The largest absolute Gasteiger partial charge is 4.00 e. The Morgan fingerprint density at radius 2 is 0.381 bits per heavy atom. The summed E-state index contributed by atoms with van der Waals surface area (Å²) in [6.07, 6.45) is 0. The summed E-state index contributed by atoms with van der Waals surface area (Å²) in [6, 6.07) is 0. The molecule has 0 aromatic rings. The molecule has 0 saturated heterocycles. The minimum atomic E-state index is -1.75. The molecule has 0 unspecified atom stereocenters. The van der Waals surface area contributed by atoms with Crippen molar-refractivity contribution in [1.29, 1.82) is 0 Å². The van der Waals surface area contributed by atoms with Crippen LogP contribution in [0.4, 0.5) is 0 Å². The molecule has 21 heavy (non-hydrogen) atoms. The first-order valence-corrected chi connectivity index (χ1v) is 2.19. The second-order valence-corrected chi connectivity index (χ2v) is 0.894. The summed E-state index contributed by atoms with van der Waals surface area (Å²) in [4.78, 5) is 33.0. The number of hydrogen-bond acceptors (Lipinski definition) is 12. The van der Waals surface area contributed by atoms with Gasteiger partial charge in [0.25, 0.3) is 0 Å². The Bertz CT molecular complexity index is 160. The summed E-state index contributed by atoms with van der Waals surface area (Å²) in [5.41, 5.74) is 0. The van der Waals surface area contributed by atoms with E-state index in [9.17, 15) is 0 Å². The summed E-state index contributed by atoms with van der Waals surface area (Å²) in [7, 11) is 0. The van der Waals surface area contributed by atoms with Crippen molar-refractivity contribution in [2.75, 3.05) is 0 Å². The van der Waals surface area contributed by atoms with Crippen molar-refractivity contribution in [3.63, 3.8) is 0 Å². The minimum Gasteiger partial charge on any atom is -0.412 e. The maximum atomic E-state index is 8.25. The Hall–Kier alpha value is -2.48. The van der Waals surface area contributed by atoms with Crippen LogP contribution >= 0.6 is 0 Å². The van der Waals surface area contributed by atoms with Gasteiger partial charge in [0.05, 0.1) is 20.3 Å². The Labute approximate surface area is 130 Å². The molecule has 0 aromatic heterocycles. The van der Waals surface area contributed by atoms with Gasteiger partial charge in [0, 0.05) is 0 Å². The molecule has 0 aromatic carbocycles. The summed E-state index contributed by atoms with van der Waals surface area (Å²) >= 11 is 0. The Morgan fingerprint density at radius 3 is 0.381 bits per heavy atom. The van der Waals surface area contributed by atoms with Gasteiger partial charge in [0.15, 0.2) is 0 Å². The fourth-order valence-electron chi connectivity index (χ4n) is 0. The second-order valence-electron chi connectivity index (χ2n) is 0.894. The third kappa shape index (κ3) is 688. The van der Waals surface area contributed by atoms with E-state index in [1.807, 2.05) is 0 Å². The van der Waals surface area contributed by atoms with Gasteiger partial charge in [-0.25, -0.2) is 0 Å². The normalized spacial score (nSPS) is 4.57. The van der Waals surface area contributed by atoms with Gasteiger partial charge in [-0.15, -0.1) is 0 Å². The van der Waals surface area contributed by atoms with Gasteiger partial charge in [-0.05, 0) is 0 Å². The summed E-state index contributed by atoms with van der Waals surface area (Å²) < 4.78 is 0. The van der Waals surface area contributed by atoms with Crippen molar-refractivity contribution >= 4 is 0 Å². The predicted molar refractivity (Wildman–Crippen MR) is 55.9 cm³/mol. The van der Waals surface area contributed by atoms with Crippen LogP contribution in [0, 0.1) is 61.3 Å². The van der Waals surface area contributed by atoms with Gasteiger partial charge >= 0.3 is 26.2 Å². The van der Waals surface area contributed by atoms with Crippen LogP contribution in [-0.4, -0.2) is 42.3 Å². The molecule has 0 amide bonds. The summed E-state index contributed by atoms with van der Waals surface area (Å²) in [5, 5.41) is 59.0. The van der Waals surface area contributed by atoms with E-state index in [0.29, 0.717) is 0 Å². The van der Waals surface area contributed by atoms with Crippen molar-refractivity contribution in [2.45, 2.75) is 0 Å². The monoisotopic (exact) mass is 410 g/mol. The molecular weight excluding hydrogens is 403 g/mol. The van der Waals surface area contributed by atoms with Gasteiger partial charge < -0.3 is 83.2 Å². The molecule has 0 radical (unpaired) electrons. The van der Waals surface area contributed by atoms with E-state index in [2.05, 4.69) is 0 Å². The molecule has 0 spiro atoms. The van der Waals surface area contributed by atoms with E-state index < -0.39 is 20.3 Å². The van der Waals surface area contributed by atoms with Gasteiger partial charge in [0.1, 0.15) is 0 Å². The van der Waals surface area contributed by atoms with Gasteiger partial charge in [-0.2, -0.15) is 0 Å². The molecule has 0 saturated carbocycles. The molecule has 0 fully saturated rings. The number of rotatable bonds is 0. The third-order valence-corrected chi connectivity index (χ3v) is 0. The van der Waals surface area contributed by atoms with Crippen LogP contribution in [0.3, 0.4) is 0 Å². The molecule has 21 heteroatoms. The number of hydrogen-bond donors (Lipinski definition) is 0. The first-order chi connectivity index (χ1) is 6.93. The van der Waals surface area contributed by atoms with E-state index in [1.54, 1.807) is 0 Å². The fourth-order valence-corrected chi connectivity index (χ4v) is 0. The molecule has 0 bridgehead atoms. The smallest absolute Gasteiger partial charge is 0.412 e. The molecule has 0 atom stereocenters. The quantitative estimate of drug-likeness (QED) is 0.270. The van der Waals surface area contributed by atoms with Crippen LogP contribution in [0.2, 0.25) is 0 Å². The molecule has 8 N–H and O–H groups in total. The maximum absolute atomic E-state index is 8.25. The Balaban J connectivity index is -0.0000000121. The van der Waals surface area contributed by atoms with Gasteiger partial charge in [-0.3, -0.25) is 0 Å². The van der Waals surface area contributed by atoms with Crippen molar-refractivity contribution in [1.82, 2.24) is 0 Å². The second kappa shape index (κ2) is 52.8. The zero-order valence-electron chi connectivity index (χ0n) is 9.19. The van der Waals surface area contributed by atoms with Gasteiger partial charge in [0.2, 0.25) is 0 Å². The minimum absolute atomic E-state index is 0. The van der Waals surface area contributed by atoms with Crippen molar-refractivity contribution < 1.29 is 68.5 Å². The Kier molecular flexibility index (Phi) is 158. The van der Waals surface area contributed by atoms with Crippen LogP contribution in [0.25, 0.3) is 0 Å². The van der Waals surface area contributed by atoms with Crippen LogP contribution in [-0.2, 0) is 26.2 Å². The average Bonchev–Trinajstić information content (AvgIpc) is 1.76. The molecule has 0 rings (SSSR count). The maximum Gasteiger partial charge on any atom is 4.00 e. The zero-order valence-corrected chi connectivity index (χ0v) is 11.6. The third-order valence-electron chi connectivity index (χ3n) is 0. The average molecular weight is 411 g/mol. The molecule has 0 aliphatic carbocycles. The van der Waals surface area contributed by atoms with E-state index in [4.69, 9.17) is 61.3 Å². The topological polar surface area (TPSA) is 391 Å². The standard InChI is InChI=1S/4NO3.4H2O.Zr/c4*2-1(3)4;;;;;/h;;;;4*1H2;/q4*-1;;;;;+4. The van der Waals surface area contributed by atoms with Crippen molar-refractivity contribution in [3.8, 4) is 0 Å². The molecule has 20 nitrogen and oxygen atoms in total. The van der Waals surface area contributed by atoms with Crippen LogP contribution in [0.5, 0.6) is 0 Å². The van der Waals surface area contributed by atoms with Crippen LogP contribution in [0.1, 0.15) is 0 Å². The first-order valence-electron chi connectivity index (χ1n) is 2.19. The summed E-state index contributed by atoms with van der Waals surface area (Å²) in [5.74, 6) is 0. The summed E-state index contributed by atoms with van der Waals surface area (Å²) in [6.45, 7) is 0. The molecule has 0 heterocycles. The SMILES string of the molecule is O.O.O.O.O=[N+]([O-])[O-].O=[N+]([O-])[O-].O=[N+]([O-])[O-].O=[N+]([O-])[O-].[Zr+4]. The Morgan fingerprint density at radius 1 is 0.381 bits per heavy atom. The van der Waals surface area contributed by atoms with E-state index in [1.165, 1.54) is 0 Å². The van der Waals surface area contributed by atoms with Gasteiger partial charge in [-0.1, -0.05) is 0 Å². The van der Waals surface area contributed by atoms with Crippen LogP contribution < -0.4 is 0 Å². The van der Waals surface area contributed by atoms with E-state index in [0.717, 1.165) is 0 Å². The van der Waals surface area contributed by atoms with E-state index >= 15 is 0 Å². The van der Waals surface area contributed by atoms with E-state index in [-0.39, 0.29) is 48.1 Å². The van der Waals surface area contributed by atoms with Crippen LogP contribution in [0.15, 0.2) is 0 Å². The molecular formula is H8N4O16Zr. The van der Waals surface area contributed by atoms with Crippen molar-refractivity contribution in [3.05, 3.63) is 61.3 Å². The fraction of sp³-hybridized carbons (Fsp3) is 0. The molecule has 0 aliphatic rings. The predicted octanol–water partition coefficient (Wildman–Crippen LogP) is -4.26. The van der Waals surface area contributed by atoms with Crippen molar-refractivity contribution in [2.24, 2.45) is 0 Å². The zero-order chi connectivity index (χ0) is 14.3. The molecule has 128 valence electrons. The first kappa shape index (κ1) is 62.7. The number of nitrogens with zero attached hydrogens (tertiary/aromatic N) is 4.